The van der Waals surface area contributed by atoms with E-state index in [0.29, 0.717) is 6.61 Å². The average Bonchev–Trinajstić information content (AvgIpc) is 2.41. The minimum absolute atomic E-state index is 0.140. The Morgan fingerprint density at radius 3 is 2.10 bits per heavy atom. The number of hydrogen-bond acceptors (Lipinski definition) is 7. The van der Waals surface area contributed by atoms with Gasteiger partial charge in [0.1, 0.15) is 17.6 Å². The van der Waals surface area contributed by atoms with Crippen molar-refractivity contribution in [3.05, 3.63) is 23.3 Å². The summed E-state index contributed by atoms with van der Waals surface area (Å²) < 4.78 is 23.4. The molecule has 0 N–H and O–H groups in total. The van der Waals surface area contributed by atoms with Crippen LogP contribution in [0.25, 0.3) is 0 Å². The highest BCUT2D eigenvalue weighted by Crippen LogP contribution is 2.17. The van der Waals surface area contributed by atoms with Gasteiger partial charge in [0, 0.05) is 0 Å². The van der Waals surface area contributed by atoms with E-state index in [-0.39, 0.29) is 24.0 Å². The van der Waals surface area contributed by atoms with Crippen molar-refractivity contribution in [2.24, 2.45) is 0 Å². The Morgan fingerprint density at radius 2 is 1.55 bits per heavy atom. The molecule has 0 rings (SSSR count). The molecule has 20 heavy (non-hydrogen) atoms. The quantitative estimate of drug-likeness (QED) is 0.405. The van der Waals surface area contributed by atoms with Gasteiger partial charge in [-0.25, -0.2) is 9.59 Å². The number of allylic oxidation sites excluding steroid dienone is 1. The molecule has 0 spiro atoms. The summed E-state index contributed by atoms with van der Waals surface area (Å²) in [6, 6.07) is 0. The van der Waals surface area contributed by atoms with Crippen molar-refractivity contribution >= 4 is 23.9 Å². The molecule has 0 atom stereocenters. The van der Waals surface area contributed by atoms with Crippen LogP contribution in [0.1, 0.15) is 20.8 Å². The van der Waals surface area contributed by atoms with Gasteiger partial charge >= 0.3 is 12.3 Å². The fourth-order valence-electron chi connectivity index (χ4n) is 0.835. The van der Waals surface area contributed by atoms with E-state index in [0.717, 1.165) is 12.5 Å². The minimum atomic E-state index is -0.957. The summed E-state index contributed by atoms with van der Waals surface area (Å²) in [5.74, 6) is -0.156. The maximum atomic E-state index is 11.2. The molecule has 7 nitrogen and oxygen atoms in total. The Hall–Kier alpha value is -1.89. The fraction of sp³-hybridized carbons (Fsp3) is 0.500. The molecule has 0 fully saturated rings. The molecule has 0 aliphatic carbocycles. The number of halogens is 1. The topological polar surface area (TPSA) is 80.3 Å². The molecule has 0 saturated heterocycles. The third-order valence-corrected chi connectivity index (χ3v) is 1.84. The summed E-state index contributed by atoms with van der Waals surface area (Å²) in [5.41, 5.74) is 0. The first-order valence-corrected chi connectivity index (χ1v) is 6.28. The second-order valence-corrected chi connectivity index (χ2v) is 3.40. The Balaban J connectivity index is 4.71. The van der Waals surface area contributed by atoms with Crippen molar-refractivity contribution in [2.45, 2.75) is 20.8 Å². The first kappa shape index (κ1) is 18.1. The summed E-state index contributed by atoms with van der Waals surface area (Å²) in [4.78, 5) is 22.2. The van der Waals surface area contributed by atoms with Crippen LogP contribution in [0.3, 0.4) is 0 Å². The van der Waals surface area contributed by atoms with Gasteiger partial charge in [0.2, 0.25) is 0 Å². The highest BCUT2D eigenvalue weighted by molar-refractivity contribution is 6.31. The van der Waals surface area contributed by atoms with Gasteiger partial charge in [-0.15, -0.1) is 0 Å². The van der Waals surface area contributed by atoms with Crippen LogP contribution in [0, 0.1) is 0 Å². The maximum absolute atomic E-state index is 11.2. The van der Waals surface area contributed by atoms with E-state index in [1.807, 2.05) is 0 Å². The number of rotatable bonds is 7. The average molecular weight is 309 g/mol. The van der Waals surface area contributed by atoms with Crippen LogP contribution < -0.4 is 0 Å². The van der Waals surface area contributed by atoms with Crippen molar-refractivity contribution in [2.75, 3.05) is 19.8 Å². The van der Waals surface area contributed by atoms with Crippen LogP contribution >= 0.6 is 11.6 Å². The lowest BCUT2D eigenvalue weighted by atomic mass is 10.5. The third kappa shape index (κ3) is 8.25. The van der Waals surface area contributed by atoms with Gasteiger partial charge in [-0.1, -0.05) is 11.6 Å². The van der Waals surface area contributed by atoms with Crippen molar-refractivity contribution in [3.63, 3.8) is 0 Å². The fourth-order valence-corrected chi connectivity index (χ4v) is 0.963. The molecule has 0 aliphatic heterocycles. The van der Waals surface area contributed by atoms with Crippen LogP contribution in [0.2, 0.25) is 0 Å². The smallest absolute Gasteiger partial charge is 0.498 e. The Morgan fingerprint density at radius 1 is 0.950 bits per heavy atom. The second-order valence-electron chi connectivity index (χ2n) is 2.99. The lowest BCUT2D eigenvalue weighted by molar-refractivity contribution is 0.0795. The van der Waals surface area contributed by atoms with Crippen LogP contribution in [-0.4, -0.2) is 32.1 Å². The monoisotopic (exact) mass is 308 g/mol. The molecule has 0 heterocycles. The van der Waals surface area contributed by atoms with Crippen molar-refractivity contribution < 1.29 is 33.3 Å². The molecule has 0 saturated carbocycles. The SMILES string of the molecule is CCOC=C(OC(=O)OCC)C(Cl)=COC(=O)OCC. The maximum Gasteiger partial charge on any atom is 0.513 e. The van der Waals surface area contributed by atoms with Gasteiger partial charge in [0.15, 0.2) is 5.76 Å². The first-order chi connectivity index (χ1) is 9.54. The van der Waals surface area contributed by atoms with Crippen molar-refractivity contribution in [3.8, 4) is 0 Å². The summed E-state index contributed by atoms with van der Waals surface area (Å²) in [6.07, 6.45) is 0.0761. The molecule has 0 aliphatic rings. The molecule has 0 unspecified atom stereocenters. The van der Waals surface area contributed by atoms with E-state index < -0.39 is 12.3 Å². The predicted molar refractivity (Wildman–Crippen MR) is 69.9 cm³/mol. The van der Waals surface area contributed by atoms with Crippen LogP contribution in [0.5, 0.6) is 0 Å². The Kier molecular flexibility index (Phi) is 9.94. The number of carbonyl (C=O) groups is 2. The van der Waals surface area contributed by atoms with Crippen LogP contribution in [0.15, 0.2) is 23.3 Å². The van der Waals surface area contributed by atoms with Crippen molar-refractivity contribution in [1.82, 2.24) is 0 Å². The van der Waals surface area contributed by atoms with Crippen LogP contribution in [0.4, 0.5) is 9.59 Å². The van der Waals surface area contributed by atoms with E-state index in [4.69, 9.17) is 21.1 Å². The summed E-state index contributed by atoms with van der Waals surface area (Å²) >= 11 is 5.82. The molecule has 8 heteroatoms. The molecule has 0 bridgehead atoms. The highest BCUT2D eigenvalue weighted by Gasteiger charge is 2.13. The van der Waals surface area contributed by atoms with Gasteiger partial charge < -0.3 is 23.7 Å². The van der Waals surface area contributed by atoms with Gasteiger partial charge in [-0.2, -0.15) is 0 Å². The van der Waals surface area contributed by atoms with Crippen molar-refractivity contribution in [1.29, 1.82) is 0 Å². The first-order valence-electron chi connectivity index (χ1n) is 5.90. The second kappa shape index (κ2) is 11.0. The Labute approximate surface area is 122 Å². The molecule has 0 radical (unpaired) electrons. The van der Waals surface area contributed by atoms with Gasteiger partial charge in [0.05, 0.1) is 19.8 Å². The molecular formula is C12H17ClO7. The summed E-state index contributed by atoms with van der Waals surface area (Å²) in [7, 11) is 0. The normalized spacial score (nSPS) is 11.6. The van der Waals surface area contributed by atoms with Gasteiger partial charge in [-0.05, 0) is 20.8 Å². The zero-order valence-electron chi connectivity index (χ0n) is 11.5. The highest BCUT2D eigenvalue weighted by atomic mass is 35.5. The van der Waals surface area contributed by atoms with E-state index in [1.165, 1.54) is 0 Å². The molecule has 114 valence electrons. The standard InChI is InChI=1S/C12H17ClO7/c1-4-16-8-10(20-12(15)18-6-3)9(13)7-19-11(14)17-5-2/h7-8H,4-6H2,1-3H3. The molecule has 0 aromatic rings. The summed E-state index contributed by atoms with van der Waals surface area (Å²) in [6.45, 7) is 5.60. The van der Waals surface area contributed by atoms with Gasteiger partial charge in [-0.3, -0.25) is 0 Å². The minimum Gasteiger partial charge on any atom is -0.498 e. The molecule has 0 aromatic carbocycles. The third-order valence-electron chi connectivity index (χ3n) is 1.57. The van der Waals surface area contributed by atoms with Gasteiger partial charge in [0.25, 0.3) is 0 Å². The zero-order chi connectivity index (χ0) is 15.4. The number of carbonyl (C=O) groups excluding carboxylic acids is 2. The van der Waals surface area contributed by atoms with E-state index >= 15 is 0 Å². The van der Waals surface area contributed by atoms with E-state index in [9.17, 15) is 9.59 Å². The lowest BCUT2D eigenvalue weighted by Gasteiger charge is -2.07. The van der Waals surface area contributed by atoms with Crippen LogP contribution in [-0.2, 0) is 23.7 Å². The predicted octanol–water partition coefficient (Wildman–Crippen LogP) is 3.29. The van der Waals surface area contributed by atoms with E-state index in [1.54, 1.807) is 20.8 Å². The lowest BCUT2D eigenvalue weighted by Crippen LogP contribution is -2.08. The molecule has 0 aromatic heterocycles. The number of hydrogen-bond donors (Lipinski definition) is 0. The largest absolute Gasteiger partial charge is 0.513 e. The number of ether oxygens (including phenoxy) is 5. The van der Waals surface area contributed by atoms with E-state index in [2.05, 4.69) is 14.2 Å². The molecule has 0 amide bonds. The zero-order valence-corrected chi connectivity index (χ0v) is 12.3. The molecular weight excluding hydrogens is 292 g/mol. The summed E-state index contributed by atoms with van der Waals surface area (Å²) in [5, 5.41) is -0.167. The Bertz CT molecular complexity index is 376.